The average Bonchev–Trinajstić information content (AvgIpc) is 3.13. The van der Waals surface area contributed by atoms with Gasteiger partial charge >= 0.3 is 0 Å². The first-order valence-electron chi connectivity index (χ1n) is 10.2. The Kier molecular flexibility index (Phi) is 6.24. The molecule has 0 N–H and O–H groups in total. The van der Waals surface area contributed by atoms with Crippen LogP contribution >= 0.6 is 11.6 Å². The van der Waals surface area contributed by atoms with Crippen molar-refractivity contribution in [3.05, 3.63) is 77.8 Å². The standard InChI is InChI=1S/C25H26ClN3O/c1-28(2)21-13-9-19(10-14-21)25-27-23-7-3-4-8-24(23)29(25)17-5-6-18-30-22-15-11-20(26)12-16-22/h3-4,7-16H,5-6,17-18H2,1-2H3. The molecule has 4 aromatic rings. The molecule has 0 spiro atoms. The average molecular weight is 420 g/mol. The molecule has 0 atom stereocenters. The lowest BCUT2D eigenvalue weighted by Gasteiger charge is -2.14. The summed E-state index contributed by atoms with van der Waals surface area (Å²) in [4.78, 5) is 7.02. The van der Waals surface area contributed by atoms with Gasteiger partial charge in [-0.15, -0.1) is 0 Å². The first-order chi connectivity index (χ1) is 14.6. The molecule has 0 bridgehead atoms. The van der Waals surface area contributed by atoms with Gasteiger partial charge in [0.15, 0.2) is 0 Å². The largest absolute Gasteiger partial charge is 0.494 e. The molecule has 0 unspecified atom stereocenters. The molecular formula is C25H26ClN3O. The molecule has 0 saturated carbocycles. The van der Waals surface area contributed by atoms with Crippen LogP contribution in [0.15, 0.2) is 72.8 Å². The summed E-state index contributed by atoms with van der Waals surface area (Å²) in [6.07, 6.45) is 1.98. The lowest BCUT2D eigenvalue weighted by molar-refractivity contribution is 0.303. The van der Waals surface area contributed by atoms with Crippen molar-refractivity contribution in [2.45, 2.75) is 19.4 Å². The second-order valence-corrected chi connectivity index (χ2v) is 7.96. The van der Waals surface area contributed by atoms with Gasteiger partial charge in [0.2, 0.25) is 0 Å². The number of rotatable bonds is 8. The van der Waals surface area contributed by atoms with Crippen molar-refractivity contribution in [2.75, 3.05) is 25.6 Å². The normalized spacial score (nSPS) is 11.0. The second-order valence-electron chi connectivity index (χ2n) is 7.53. The third-order valence-corrected chi connectivity index (χ3v) is 5.41. The molecule has 3 aromatic carbocycles. The summed E-state index contributed by atoms with van der Waals surface area (Å²) in [5, 5.41) is 0.723. The Morgan fingerprint density at radius 1 is 0.900 bits per heavy atom. The Morgan fingerprint density at radius 3 is 2.37 bits per heavy atom. The highest BCUT2D eigenvalue weighted by molar-refractivity contribution is 6.30. The number of anilines is 1. The molecule has 30 heavy (non-hydrogen) atoms. The van der Waals surface area contributed by atoms with Gasteiger partial charge in [0, 0.05) is 36.9 Å². The number of fused-ring (bicyclic) bond motifs is 1. The quantitative estimate of drug-likeness (QED) is 0.315. The van der Waals surface area contributed by atoms with Gasteiger partial charge in [0.25, 0.3) is 0 Å². The van der Waals surface area contributed by atoms with Crippen molar-refractivity contribution in [3.63, 3.8) is 0 Å². The SMILES string of the molecule is CN(C)c1ccc(-c2nc3ccccc3n2CCCCOc2ccc(Cl)cc2)cc1. The van der Waals surface area contributed by atoms with Crippen molar-refractivity contribution in [1.29, 1.82) is 0 Å². The fourth-order valence-corrected chi connectivity index (χ4v) is 3.65. The summed E-state index contributed by atoms with van der Waals surface area (Å²) < 4.78 is 8.15. The van der Waals surface area contributed by atoms with Gasteiger partial charge in [-0.05, 0) is 73.5 Å². The van der Waals surface area contributed by atoms with Crippen LogP contribution in [0.3, 0.4) is 0 Å². The van der Waals surface area contributed by atoms with Gasteiger partial charge in [-0.2, -0.15) is 0 Å². The Morgan fingerprint density at radius 2 is 1.63 bits per heavy atom. The van der Waals surface area contributed by atoms with E-state index in [0.29, 0.717) is 6.61 Å². The third-order valence-electron chi connectivity index (χ3n) is 5.15. The van der Waals surface area contributed by atoms with E-state index >= 15 is 0 Å². The number of aryl methyl sites for hydroxylation is 1. The number of halogens is 1. The van der Waals surface area contributed by atoms with Crippen molar-refractivity contribution in [1.82, 2.24) is 9.55 Å². The molecule has 1 heterocycles. The number of hydrogen-bond acceptors (Lipinski definition) is 3. The molecule has 0 radical (unpaired) electrons. The predicted molar refractivity (Wildman–Crippen MR) is 126 cm³/mol. The second kappa shape index (κ2) is 9.23. The van der Waals surface area contributed by atoms with Crippen molar-refractivity contribution < 1.29 is 4.74 Å². The van der Waals surface area contributed by atoms with Gasteiger partial charge in [-0.3, -0.25) is 0 Å². The molecule has 0 fully saturated rings. The van der Waals surface area contributed by atoms with E-state index in [0.717, 1.165) is 47.1 Å². The van der Waals surface area contributed by atoms with Crippen LogP contribution in [0, 0.1) is 0 Å². The molecular weight excluding hydrogens is 394 g/mol. The van der Waals surface area contributed by atoms with Crippen LogP contribution in [0.5, 0.6) is 5.75 Å². The summed E-state index contributed by atoms with van der Waals surface area (Å²) in [6, 6.07) is 24.4. The summed E-state index contributed by atoms with van der Waals surface area (Å²) in [7, 11) is 4.10. The van der Waals surface area contributed by atoms with E-state index in [4.69, 9.17) is 21.3 Å². The monoisotopic (exact) mass is 419 g/mol. The number of unbranched alkanes of at least 4 members (excludes halogenated alkanes) is 1. The Labute approximate surface area is 182 Å². The molecule has 0 aliphatic heterocycles. The number of imidazole rings is 1. The van der Waals surface area contributed by atoms with E-state index in [1.54, 1.807) is 0 Å². The minimum absolute atomic E-state index is 0.682. The van der Waals surface area contributed by atoms with Crippen LogP contribution in [-0.4, -0.2) is 30.3 Å². The molecule has 0 amide bonds. The van der Waals surface area contributed by atoms with E-state index in [2.05, 4.69) is 66.0 Å². The highest BCUT2D eigenvalue weighted by Crippen LogP contribution is 2.27. The minimum Gasteiger partial charge on any atom is -0.494 e. The fourth-order valence-electron chi connectivity index (χ4n) is 3.52. The number of hydrogen-bond donors (Lipinski definition) is 0. The van der Waals surface area contributed by atoms with Crippen molar-refractivity contribution in [3.8, 4) is 17.1 Å². The maximum Gasteiger partial charge on any atom is 0.141 e. The van der Waals surface area contributed by atoms with Crippen LogP contribution < -0.4 is 9.64 Å². The molecule has 0 saturated heterocycles. The number of aromatic nitrogens is 2. The highest BCUT2D eigenvalue weighted by Gasteiger charge is 2.12. The lowest BCUT2D eigenvalue weighted by Crippen LogP contribution is -2.08. The molecule has 1 aromatic heterocycles. The number of nitrogens with zero attached hydrogens (tertiary/aromatic N) is 3. The molecule has 0 aliphatic carbocycles. The number of ether oxygens (including phenoxy) is 1. The third kappa shape index (κ3) is 4.60. The predicted octanol–water partition coefficient (Wildman–Crippen LogP) is 6.28. The Balaban J connectivity index is 1.47. The van der Waals surface area contributed by atoms with E-state index in [1.165, 1.54) is 11.2 Å². The zero-order valence-electron chi connectivity index (χ0n) is 17.4. The van der Waals surface area contributed by atoms with Gasteiger partial charge in [-0.1, -0.05) is 23.7 Å². The zero-order chi connectivity index (χ0) is 20.9. The van der Waals surface area contributed by atoms with Crippen LogP contribution in [0.4, 0.5) is 5.69 Å². The molecule has 5 heteroatoms. The minimum atomic E-state index is 0.682. The maximum atomic E-state index is 5.92. The fraction of sp³-hybridized carbons (Fsp3) is 0.240. The Hall–Kier alpha value is -2.98. The van der Waals surface area contributed by atoms with E-state index < -0.39 is 0 Å². The Bertz CT molecular complexity index is 1100. The molecule has 4 rings (SSSR count). The topological polar surface area (TPSA) is 30.3 Å². The summed E-state index contributed by atoms with van der Waals surface area (Å²) in [6.45, 7) is 1.58. The summed E-state index contributed by atoms with van der Waals surface area (Å²) in [5.74, 6) is 1.87. The highest BCUT2D eigenvalue weighted by atomic mass is 35.5. The molecule has 0 aliphatic rings. The molecule has 4 nitrogen and oxygen atoms in total. The van der Waals surface area contributed by atoms with Gasteiger partial charge < -0.3 is 14.2 Å². The van der Waals surface area contributed by atoms with E-state index in [1.807, 2.05) is 30.3 Å². The zero-order valence-corrected chi connectivity index (χ0v) is 18.1. The van der Waals surface area contributed by atoms with Crippen LogP contribution in [0.25, 0.3) is 22.4 Å². The van der Waals surface area contributed by atoms with Crippen molar-refractivity contribution >= 4 is 28.3 Å². The van der Waals surface area contributed by atoms with Crippen LogP contribution in [0.1, 0.15) is 12.8 Å². The van der Waals surface area contributed by atoms with Gasteiger partial charge in [0.05, 0.1) is 17.6 Å². The van der Waals surface area contributed by atoms with Crippen LogP contribution in [-0.2, 0) is 6.54 Å². The number of benzene rings is 3. The summed E-state index contributed by atoms with van der Waals surface area (Å²) >= 11 is 5.92. The molecule has 154 valence electrons. The first-order valence-corrected chi connectivity index (χ1v) is 10.6. The van der Waals surface area contributed by atoms with Gasteiger partial charge in [0.1, 0.15) is 11.6 Å². The van der Waals surface area contributed by atoms with Crippen molar-refractivity contribution in [2.24, 2.45) is 0 Å². The smallest absolute Gasteiger partial charge is 0.141 e. The van der Waals surface area contributed by atoms with Gasteiger partial charge in [-0.25, -0.2) is 4.98 Å². The maximum absolute atomic E-state index is 5.92. The van der Waals surface area contributed by atoms with E-state index in [9.17, 15) is 0 Å². The number of para-hydroxylation sites is 2. The van der Waals surface area contributed by atoms with Crippen LogP contribution in [0.2, 0.25) is 5.02 Å². The summed E-state index contributed by atoms with van der Waals surface area (Å²) in [5.41, 5.74) is 4.51. The first kappa shape index (κ1) is 20.3. The lowest BCUT2D eigenvalue weighted by atomic mass is 10.2. The van der Waals surface area contributed by atoms with E-state index in [-0.39, 0.29) is 0 Å².